The lowest BCUT2D eigenvalue weighted by atomic mass is 11.8. The third-order valence-electron chi connectivity index (χ3n) is 0.566. The molecule has 0 saturated heterocycles. The van der Waals surface area contributed by atoms with Gasteiger partial charge >= 0.3 is 9.05 Å². The van der Waals surface area contributed by atoms with Crippen molar-refractivity contribution in [3.05, 3.63) is 0 Å². The zero-order valence-corrected chi connectivity index (χ0v) is 7.40. The second-order valence-electron chi connectivity index (χ2n) is 1.27. The van der Waals surface area contributed by atoms with Crippen LogP contribution >= 0.6 is 0 Å². The molecule has 0 unspecified atom stereocenters. The van der Waals surface area contributed by atoms with Gasteiger partial charge < -0.3 is 4.80 Å². The minimum absolute atomic E-state index is 1.18. The van der Waals surface area contributed by atoms with Crippen LogP contribution < -0.4 is 0 Å². The third-order valence-corrected chi connectivity index (χ3v) is 1.70. The van der Waals surface area contributed by atoms with E-state index in [2.05, 4.69) is 28.4 Å². The van der Waals surface area contributed by atoms with Crippen LogP contribution in [-0.2, 0) is 28.4 Å². The fourth-order valence-electron chi connectivity index (χ4n) is 0.358. The molecule has 0 aromatic heterocycles. The molecule has 0 bridgehead atoms. The lowest BCUT2D eigenvalue weighted by Crippen LogP contribution is -2.45. The summed E-state index contributed by atoms with van der Waals surface area (Å²) in [7, 11) is -0.386. The first kappa shape index (κ1) is 10.9. The molecule has 7 nitrogen and oxygen atoms in total. The first-order valence-corrected chi connectivity index (χ1v) is 4.23. The summed E-state index contributed by atoms with van der Waals surface area (Å²) < 4.78 is 12.6. The Labute approximate surface area is 64.6 Å². The number of hydrogen-bond acceptors (Lipinski definition) is 7. The van der Waals surface area contributed by atoms with Crippen LogP contribution in [0.1, 0.15) is 0 Å². The Bertz CT molecular complexity index is 80.7. The van der Waals surface area contributed by atoms with Crippen molar-refractivity contribution in [2.24, 2.45) is 0 Å². The van der Waals surface area contributed by atoms with Crippen LogP contribution in [0.3, 0.4) is 0 Å². The summed E-state index contributed by atoms with van der Waals surface area (Å²) >= 11 is 0. The minimum Gasteiger partial charge on any atom is -0.363 e. The molecule has 68 valence electrons. The molecule has 1 N–H and O–H groups in total. The van der Waals surface area contributed by atoms with Gasteiger partial charge in [-0.2, -0.15) is 13.7 Å². The maximum absolute atomic E-state index is 9.11. The normalized spacial score (nSPS) is 12.0. The van der Waals surface area contributed by atoms with E-state index in [-0.39, 0.29) is 0 Å². The molecular weight excluding hydrogens is 176 g/mol. The van der Waals surface area contributed by atoms with Crippen LogP contribution in [0.5, 0.6) is 0 Å². The van der Waals surface area contributed by atoms with Crippen molar-refractivity contribution in [3.8, 4) is 0 Å². The summed E-state index contributed by atoms with van der Waals surface area (Å²) in [5.41, 5.74) is 0. The molecule has 0 rings (SSSR count). The van der Waals surface area contributed by atoms with Gasteiger partial charge in [0, 0.05) is 0 Å². The molecule has 0 aliphatic heterocycles. The van der Waals surface area contributed by atoms with Crippen LogP contribution in [0.4, 0.5) is 0 Å². The van der Waals surface area contributed by atoms with E-state index >= 15 is 0 Å². The maximum atomic E-state index is 9.11. The monoisotopic (exact) mass is 186 g/mol. The van der Waals surface area contributed by atoms with E-state index in [0.29, 0.717) is 0 Å². The third kappa shape index (κ3) is 4.39. The molecule has 0 aromatic carbocycles. The number of rotatable bonds is 6. The van der Waals surface area contributed by atoms with Crippen LogP contribution in [0.2, 0.25) is 0 Å². The molecular formula is C3H10O7Si. The average Bonchev–Trinajstić information content (AvgIpc) is 1.88. The summed E-state index contributed by atoms with van der Waals surface area (Å²) in [5.74, 6) is 0. The highest BCUT2D eigenvalue weighted by Gasteiger charge is 2.47. The van der Waals surface area contributed by atoms with E-state index in [9.17, 15) is 0 Å². The van der Waals surface area contributed by atoms with E-state index in [1.807, 2.05) is 0 Å². The van der Waals surface area contributed by atoms with Crippen LogP contribution in [0, 0.1) is 0 Å². The molecule has 0 spiro atoms. The molecule has 0 aliphatic rings. The highest BCUT2D eigenvalue weighted by Crippen LogP contribution is 2.05. The highest BCUT2D eigenvalue weighted by molar-refractivity contribution is 6.50. The van der Waals surface area contributed by atoms with Gasteiger partial charge in [0.1, 0.15) is 0 Å². The molecule has 0 radical (unpaired) electrons. The van der Waals surface area contributed by atoms with Gasteiger partial charge in [-0.05, 0) is 0 Å². The van der Waals surface area contributed by atoms with Crippen molar-refractivity contribution >= 4 is 9.05 Å². The first-order valence-electron chi connectivity index (χ1n) is 2.56. The molecule has 8 heteroatoms. The summed E-state index contributed by atoms with van der Waals surface area (Å²) in [5, 5.41) is 0. The lowest BCUT2D eigenvalue weighted by Gasteiger charge is -2.15. The van der Waals surface area contributed by atoms with E-state index in [4.69, 9.17) is 4.80 Å². The molecule has 0 saturated carbocycles. The fraction of sp³-hybridized carbons (Fsp3) is 1.00. The van der Waals surface area contributed by atoms with E-state index in [1.165, 1.54) is 21.3 Å². The Morgan fingerprint density at radius 1 is 0.818 bits per heavy atom. The van der Waals surface area contributed by atoms with Crippen molar-refractivity contribution in [1.82, 2.24) is 0 Å². The predicted octanol–water partition coefficient (Wildman–Crippen LogP) is -0.852. The zero-order chi connectivity index (χ0) is 8.74. The molecule has 0 atom stereocenters. The van der Waals surface area contributed by atoms with Gasteiger partial charge in [0.25, 0.3) is 0 Å². The Morgan fingerprint density at radius 2 is 1.09 bits per heavy atom. The van der Waals surface area contributed by atoms with Crippen LogP contribution in [0.25, 0.3) is 0 Å². The molecule has 0 heterocycles. The highest BCUT2D eigenvalue weighted by atomic mass is 28.4. The van der Waals surface area contributed by atoms with E-state index < -0.39 is 9.05 Å². The molecule has 0 aliphatic carbocycles. The van der Waals surface area contributed by atoms with Gasteiger partial charge in [-0.3, -0.25) is 0 Å². The SMILES string of the molecule is COO[Si](O)(OOC)OOC. The molecule has 0 aromatic rings. The second kappa shape index (κ2) is 5.57. The van der Waals surface area contributed by atoms with Crippen LogP contribution in [-0.4, -0.2) is 35.2 Å². The second-order valence-corrected chi connectivity index (χ2v) is 2.82. The van der Waals surface area contributed by atoms with Gasteiger partial charge in [-0.25, -0.2) is 14.7 Å². The van der Waals surface area contributed by atoms with Crippen molar-refractivity contribution in [2.75, 3.05) is 21.3 Å². The largest absolute Gasteiger partial charge is 0.761 e. The van der Waals surface area contributed by atoms with Gasteiger partial charge in [-0.1, -0.05) is 0 Å². The topological polar surface area (TPSA) is 75.6 Å². The van der Waals surface area contributed by atoms with Gasteiger partial charge in [-0.15, -0.1) is 0 Å². The molecule has 0 amide bonds. The lowest BCUT2D eigenvalue weighted by molar-refractivity contribution is -0.366. The average molecular weight is 186 g/mol. The van der Waals surface area contributed by atoms with Crippen molar-refractivity contribution in [3.63, 3.8) is 0 Å². The van der Waals surface area contributed by atoms with E-state index in [1.54, 1.807) is 0 Å². The van der Waals surface area contributed by atoms with Crippen molar-refractivity contribution in [2.45, 2.75) is 0 Å². The van der Waals surface area contributed by atoms with Gasteiger partial charge in [0.05, 0.1) is 21.3 Å². The smallest absolute Gasteiger partial charge is 0.363 e. The number of hydrogen-bond donors (Lipinski definition) is 1. The molecule has 11 heavy (non-hydrogen) atoms. The summed E-state index contributed by atoms with van der Waals surface area (Å²) in [6.07, 6.45) is 0. The summed E-state index contributed by atoms with van der Waals surface area (Å²) in [6, 6.07) is 0. The predicted molar refractivity (Wildman–Crippen MR) is 32.3 cm³/mol. The quantitative estimate of drug-likeness (QED) is 0.329. The minimum atomic E-state index is -3.92. The summed E-state index contributed by atoms with van der Waals surface area (Å²) in [4.78, 5) is 21.4. The van der Waals surface area contributed by atoms with Crippen molar-refractivity contribution < 1.29 is 33.2 Å². The van der Waals surface area contributed by atoms with Gasteiger partial charge in [0.15, 0.2) is 0 Å². The maximum Gasteiger partial charge on any atom is 0.761 e. The van der Waals surface area contributed by atoms with Crippen LogP contribution in [0.15, 0.2) is 0 Å². The standard InChI is InChI=1S/C3H10O7Si/c1-5-8-11(4,9-6-2)10-7-3/h4H,1-3H3. The first-order chi connectivity index (χ1) is 5.18. The Morgan fingerprint density at radius 3 is 1.27 bits per heavy atom. The zero-order valence-electron chi connectivity index (χ0n) is 6.40. The Kier molecular flexibility index (Phi) is 5.54. The summed E-state index contributed by atoms with van der Waals surface area (Å²) in [6.45, 7) is 0. The fourth-order valence-corrected chi connectivity index (χ4v) is 1.07. The molecule has 0 fully saturated rings. The Balaban J connectivity index is 3.79. The van der Waals surface area contributed by atoms with Crippen molar-refractivity contribution in [1.29, 1.82) is 0 Å². The van der Waals surface area contributed by atoms with Gasteiger partial charge in [0.2, 0.25) is 0 Å². The Hall–Kier alpha value is -0.0631. The van der Waals surface area contributed by atoms with E-state index in [0.717, 1.165) is 0 Å².